The van der Waals surface area contributed by atoms with Gasteiger partial charge in [-0.15, -0.1) is 0 Å². The second-order valence-electron chi connectivity index (χ2n) is 23.3. The van der Waals surface area contributed by atoms with Gasteiger partial charge in [0.1, 0.15) is 24.4 Å². The van der Waals surface area contributed by atoms with E-state index in [1.165, 1.54) is 231 Å². The molecule has 1 saturated heterocycles. The third kappa shape index (κ3) is 46.5. The SMILES string of the molecule is CCCCCCC/C=C\C/C=C\C/C=C\CCCCCCCCCCC(=O)NC(COC1OC(CO)C(O)C(O)C1O)C(O)/C=C/CC/C=C/CCCCCCCCCCCCCCCCCCCCCCCCCCCC. The molecule has 0 aromatic rings. The molecule has 0 spiro atoms. The van der Waals surface area contributed by atoms with Gasteiger partial charge >= 0.3 is 0 Å². The van der Waals surface area contributed by atoms with Crippen LogP contribution in [0.1, 0.15) is 316 Å². The van der Waals surface area contributed by atoms with Gasteiger partial charge in [-0.2, -0.15) is 0 Å². The van der Waals surface area contributed by atoms with Crippen LogP contribution in [-0.2, 0) is 14.3 Å². The lowest BCUT2D eigenvalue weighted by molar-refractivity contribution is -0.302. The van der Waals surface area contributed by atoms with Crippen LogP contribution in [0.15, 0.2) is 60.8 Å². The highest BCUT2D eigenvalue weighted by Crippen LogP contribution is 2.23. The normalized spacial score (nSPS) is 19.0. The third-order valence-electron chi connectivity index (χ3n) is 15.8. The average molecular weight is 1100 g/mol. The fourth-order valence-corrected chi connectivity index (χ4v) is 10.5. The summed E-state index contributed by atoms with van der Waals surface area (Å²) < 4.78 is 11.3. The number of rotatable bonds is 58. The number of aliphatic hydroxyl groups is 5. The molecule has 456 valence electrons. The van der Waals surface area contributed by atoms with Crippen LogP contribution in [-0.4, -0.2) is 87.5 Å². The molecular formula is C69H127NO8. The van der Waals surface area contributed by atoms with Gasteiger partial charge in [0.25, 0.3) is 0 Å². The Balaban J connectivity index is 2.18. The maximum Gasteiger partial charge on any atom is 0.220 e. The number of aliphatic hydroxyl groups excluding tert-OH is 5. The minimum atomic E-state index is -1.58. The van der Waals surface area contributed by atoms with Crippen molar-refractivity contribution in [1.29, 1.82) is 0 Å². The first kappa shape index (κ1) is 73.9. The maximum atomic E-state index is 13.1. The van der Waals surface area contributed by atoms with Crippen LogP contribution in [0.3, 0.4) is 0 Å². The number of unbranched alkanes of at least 4 members (excludes halogenated alkanes) is 40. The van der Waals surface area contributed by atoms with Crippen LogP contribution in [0.2, 0.25) is 0 Å². The molecule has 7 unspecified atom stereocenters. The van der Waals surface area contributed by atoms with E-state index in [1.54, 1.807) is 6.08 Å². The predicted octanol–water partition coefficient (Wildman–Crippen LogP) is 17.8. The summed E-state index contributed by atoms with van der Waals surface area (Å²) in [6.07, 6.45) is 73.2. The predicted molar refractivity (Wildman–Crippen MR) is 332 cm³/mol. The van der Waals surface area contributed by atoms with E-state index in [9.17, 15) is 30.3 Å². The molecule has 0 aromatic carbocycles. The Labute approximate surface area is 481 Å². The monoisotopic (exact) mass is 1100 g/mol. The Bertz CT molecular complexity index is 1410. The largest absolute Gasteiger partial charge is 0.394 e. The summed E-state index contributed by atoms with van der Waals surface area (Å²) in [5, 5.41) is 54.7. The van der Waals surface area contributed by atoms with Gasteiger partial charge in [0.05, 0.1) is 25.4 Å². The standard InChI is InChI=1S/C69H127NO8/c1-3-5-7-9-11-13-15-17-19-21-23-25-27-28-29-30-31-32-33-34-35-37-38-40-42-44-46-48-50-52-54-56-58-63(72)62(61-77-69-68(76)67(75)66(74)64(60-71)78-69)70-65(73)59-57-55-53-51-49-47-45-43-41-39-36-26-24-22-20-18-16-14-12-10-8-6-4-2/h16,18,22,24,36,39,48,50,56,58,62-64,66-69,71-72,74-76H,3-15,17,19-21,23,25-35,37-38,40-47,49,51-55,57,59-61H2,1-2H3,(H,70,73)/b18-16-,24-22-,39-36-,50-48+,58-56+. The molecule has 1 aliphatic rings. The third-order valence-corrected chi connectivity index (χ3v) is 15.8. The lowest BCUT2D eigenvalue weighted by atomic mass is 9.99. The molecule has 0 bridgehead atoms. The Morgan fingerprint density at radius 2 is 0.769 bits per heavy atom. The number of carbonyl (C=O) groups excluding carboxylic acids is 1. The van der Waals surface area contributed by atoms with Crippen molar-refractivity contribution < 1.29 is 39.8 Å². The molecule has 7 atom stereocenters. The van der Waals surface area contributed by atoms with E-state index in [-0.39, 0.29) is 12.5 Å². The number of allylic oxidation sites excluding steroid dienone is 9. The summed E-state index contributed by atoms with van der Waals surface area (Å²) >= 11 is 0. The minimum absolute atomic E-state index is 0.192. The fraction of sp³-hybridized carbons (Fsp3) is 0.841. The van der Waals surface area contributed by atoms with Crippen LogP contribution >= 0.6 is 0 Å². The highest BCUT2D eigenvalue weighted by atomic mass is 16.7. The fourth-order valence-electron chi connectivity index (χ4n) is 10.5. The van der Waals surface area contributed by atoms with Crippen molar-refractivity contribution in [3.63, 3.8) is 0 Å². The second kappa shape index (κ2) is 58.1. The molecule has 0 saturated carbocycles. The molecule has 9 heteroatoms. The van der Waals surface area contributed by atoms with Crippen molar-refractivity contribution in [3.05, 3.63) is 60.8 Å². The van der Waals surface area contributed by atoms with Gasteiger partial charge in [0.15, 0.2) is 6.29 Å². The number of carbonyl (C=O) groups is 1. The van der Waals surface area contributed by atoms with Gasteiger partial charge in [-0.05, 0) is 70.6 Å². The zero-order valence-electron chi connectivity index (χ0n) is 50.9. The molecule has 1 amide bonds. The summed E-state index contributed by atoms with van der Waals surface area (Å²) in [7, 11) is 0. The average Bonchev–Trinajstić information content (AvgIpc) is 3.45. The number of hydrogen-bond acceptors (Lipinski definition) is 8. The van der Waals surface area contributed by atoms with Gasteiger partial charge in [-0.25, -0.2) is 0 Å². The maximum absolute atomic E-state index is 13.1. The Hall–Kier alpha value is -2.11. The van der Waals surface area contributed by atoms with E-state index in [4.69, 9.17) is 9.47 Å². The molecule has 0 aromatic heterocycles. The summed E-state index contributed by atoms with van der Waals surface area (Å²) in [6.45, 7) is 3.78. The summed E-state index contributed by atoms with van der Waals surface area (Å²) in [5.74, 6) is -0.192. The zero-order chi connectivity index (χ0) is 56.5. The minimum Gasteiger partial charge on any atom is -0.394 e. The van der Waals surface area contributed by atoms with E-state index < -0.39 is 49.5 Å². The van der Waals surface area contributed by atoms with Crippen molar-refractivity contribution in [2.24, 2.45) is 0 Å². The van der Waals surface area contributed by atoms with Crippen LogP contribution in [0.4, 0.5) is 0 Å². The lowest BCUT2D eigenvalue weighted by Gasteiger charge is -2.40. The van der Waals surface area contributed by atoms with Crippen LogP contribution < -0.4 is 5.32 Å². The summed E-state index contributed by atoms with van der Waals surface area (Å²) in [6, 6.07) is -0.830. The molecule has 6 N–H and O–H groups in total. The first-order valence-electron chi connectivity index (χ1n) is 33.5. The van der Waals surface area contributed by atoms with Gasteiger partial charge in [0.2, 0.25) is 5.91 Å². The molecule has 1 aliphatic heterocycles. The second-order valence-corrected chi connectivity index (χ2v) is 23.3. The van der Waals surface area contributed by atoms with Crippen molar-refractivity contribution in [2.45, 2.75) is 358 Å². The van der Waals surface area contributed by atoms with E-state index in [0.29, 0.717) is 6.42 Å². The quantitative estimate of drug-likeness (QED) is 0.0261. The van der Waals surface area contributed by atoms with E-state index in [1.807, 2.05) is 6.08 Å². The van der Waals surface area contributed by atoms with Gasteiger partial charge in [0, 0.05) is 6.42 Å². The van der Waals surface area contributed by atoms with Gasteiger partial charge in [-0.3, -0.25) is 4.79 Å². The first-order chi connectivity index (χ1) is 38.3. The highest BCUT2D eigenvalue weighted by molar-refractivity contribution is 5.76. The molecule has 78 heavy (non-hydrogen) atoms. The van der Waals surface area contributed by atoms with Gasteiger partial charge in [-0.1, -0.05) is 299 Å². The van der Waals surface area contributed by atoms with E-state index >= 15 is 0 Å². The topological polar surface area (TPSA) is 149 Å². The highest BCUT2D eigenvalue weighted by Gasteiger charge is 2.44. The summed E-state index contributed by atoms with van der Waals surface area (Å²) in [5.41, 5.74) is 0. The molecule has 1 heterocycles. The molecule has 9 nitrogen and oxygen atoms in total. The Kier molecular flexibility index (Phi) is 55.0. The molecule has 1 fully saturated rings. The van der Waals surface area contributed by atoms with Crippen LogP contribution in [0, 0.1) is 0 Å². The van der Waals surface area contributed by atoms with Crippen LogP contribution in [0.25, 0.3) is 0 Å². The van der Waals surface area contributed by atoms with Crippen molar-refractivity contribution in [2.75, 3.05) is 13.2 Å². The summed E-state index contributed by atoms with van der Waals surface area (Å²) in [4.78, 5) is 13.1. The molecule has 0 aliphatic carbocycles. The zero-order valence-corrected chi connectivity index (χ0v) is 50.9. The van der Waals surface area contributed by atoms with Crippen LogP contribution in [0.5, 0.6) is 0 Å². The van der Waals surface area contributed by atoms with E-state index in [2.05, 4.69) is 67.8 Å². The van der Waals surface area contributed by atoms with Crippen molar-refractivity contribution in [3.8, 4) is 0 Å². The number of amides is 1. The number of ether oxygens (including phenoxy) is 2. The number of nitrogens with one attached hydrogen (secondary N) is 1. The van der Waals surface area contributed by atoms with Crippen molar-refractivity contribution in [1.82, 2.24) is 5.32 Å². The van der Waals surface area contributed by atoms with E-state index in [0.717, 1.165) is 64.2 Å². The number of hydrogen-bond donors (Lipinski definition) is 6. The molecule has 0 radical (unpaired) electrons. The lowest BCUT2D eigenvalue weighted by Crippen LogP contribution is -2.60. The smallest absolute Gasteiger partial charge is 0.220 e. The molecule has 1 rings (SSSR count). The van der Waals surface area contributed by atoms with Crippen molar-refractivity contribution >= 4 is 5.91 Å². The molecular weight excluding hydrogens is 971 g/mol. The van der Waals surface area contributed by atoms with Gasteiger partial charge < -0.3 is 40.3 Å². The Morgan fingerprint density at radius 1 is 0.436 bits per heavy atom. The Morgan fingerprint density at radius 3 is 1.17 bits per heavy atom. The first-order valence-corrected chi connectivity index (χ1v) is 33.5.